The molecule has 1 aromatic carbocycles. The number of nitrogens with zero attached hydrogens (tertiary/aromatic N) is 4. The van der Waals surface area contributed by atoms with E-state index in [-0.39, 0.29) is 11.5 Å². The SMILES string of the molecule is CN/C(=C\C(=N)C1CCCO1)N1CCc2nc(-c3c(C)cccc3C)nc(N3CCCC(C)(C)C3)c2C1. The zero-order chi connectivity index (χ0) is 26.2. The van der Waals surface area contributed by atoms with Crippen LogP contribution in [-0.2, 0) is 17.7 Å². The van der Waals surface area contributed by atoms with Crippen LogP contribution in [0.3, 0.4) is 0 Å². The van der Waals surface area contributed by atoms with E-state index in [9.17, 15) is 0 Å². The molecule has 0 radical (unpaired) electrons. The summed E-state index contributed by atoms with van der Waals surface area (Å²) in [5.74, 6) is 2.91. The molecular weight excluding hydrogens is 460 g/mol. The Morgan fingerprint density at radius 2 is 1.95 bits per heavy atom. The number of nitrogens with one attached hydrogen (secondary N) is 2. The van der Waals surface area contributed by atoms with Crippen molar-refractivity contribution in [1.29, 1.82) is 5.41 Å². The minimum Gasteiger partial charge on any atom is -0.375 e. The minimum absolute atomic E-state index is 0.0881. The molecule has 2 aromatic rings. The second-order valence-electron chi connectivity index (χ2n) is 11.7. The van der Waals surface area contributed by atoms with Crippen molar-refractivity contribution >= 4 is 11.5 Å². The molecule has 7 nitrogen and oxygen atoms in total. The number of rotatable bonds is 6. The molecule has 7 heteroatoms. The Balaban J connectivity index is 1.54. The van der Waals surface area contributed by atoms with Crippen LogP contribution in [0, 0.1) is 24.7 Å². The summed E-state index contributed by atoms with van der Waals surface area (Å²) in [6.45, 7) is 13.4. The van der Waals surface area contributed by atoms with Gasteiger partial charge in [-0.3, -0.25) is 0 Å². The molecule has 3 aliphatic rings. The predicted molar refractivity (Wildman–Crippen MR) is 150 cm³/mol. The van der Waals surface area contributed by atoms with Gasteiger partial charge in [-0.05, 0) is 56.1 Å². The van der Waals surface area contributed by atoms with Gasteiger partial charge >= 0.3 is 0 Å². The van der Waals surface area contributed by atoms with Gasteiger partial charge in [0.1, 0.15) is 11.6 Å². The molecule has 198 valence electrons. The molecule has 2 N–H and O–H groups in total. The number of piperidine rings is 1. The summed E-state index contributed by atoms with van der Waals surface area (Å²) in [6, 6.07) is 6.42. The lowest BCUT2D eigenvalue weighted by molar-refractivity contribution is 0.158. The van der Waals surface area contributed by atoms with Gasteiger partial charge in [0.2, 0.25) is 0 Å². The Labute approximate surface area is 221 Å². The molecule has 37 heavy (non-hydrogen) atoms. The topological polar surface area (TPSA) is 77.4 Å². The van der Waals surface area contributed by atoms with E-state index in [4.69, 9.17) is 20.1 Å². The van der Waals surface area contributed by atoms with Crippen molar-refractivity contribution in [3.63, 3.8) is 0 Å². The summed E-state index contributed by atoms with van der Waals surface area (Å²) in [6.07, 6.45) is 7.10. The van der Waals surface area contributed by atoms with Crippen LogP contribution >= 0.6 is 0 Å². The van der Waals surface area contributed by atoms with Gasteiger partial charge in [-0.1, -0.05) is 32.0 Å². The first-order chi connectivity index (χ1) is 17.8. The van der Waals surface area contributed by atoms with Gasteiger partial charge in [-0.15, -0.1) is 0 Å². The van der Waals surface area contributed by atoms with E-state index < -0.39 is 0 Å². The van der Waals surface area contributed by atoms with E-state index in [1.165, 1.54) is 29.5 Å². The lowest BCUT2D eigenvalue weighted by Gasteiger charge is -2.41. The average Bonchev–Trinajstić information content (AvgIpc) is 3.41. The third-order valence-electron chi connectivity index (χ3n) is 8.11. The van der Waals surface area contributed by atoms with Crippen LogP contribution < -0.4 is 10.2 Å². The van der Waals surface area contributed by atoms with E-state index >= 15 is 0 Å². The lowest BCUT2D eigenvalue weighted by atomic mass is 9.84. The molecule has 2 fully saturated rings. The number of aryl methyl sites for hydroxylation is 2. The predicted octanol–water partition coefficient (Wildman–Crippen LogP) is 5.00. The quantitative estimate of drug-likeness (QED) is 0.541. The van der Waals surface area contributed by atoms with E-state index in [0.29, 0.717) is 5.71 Å². The van der Waals surface area contributed by atoms with Gasteiger partial charge in [0.15, 0.2) is 5.82 Å². The maximum atomic E-state index is 8.59. The van der Waals surface area contributed by atoms with Gasteiger partial charge in [0, 0.05) is 63.5 Å². The number of hydrogen-bond acceptors (Lipinski definition) is 7. The average molecular weight is 503 g/mol. The van der Waals surface area contributed by atoms with E-state index in [2.05, 4.69) is 61.0 Å². The van der Waals surface area contributed by atoms with Crippen molar-refractivity contribution in [2.45, 2.75) is 72.4 Å². The second-order valence-corrected chi connectivity index (χ2v) is 11.7. The molecule has 1 atom stereocenters. The van der Waals surface area contributed by atoms with Crippen molar-refractivity contribution in [2.24, 2.45) is 5.41 Å². The number of hydrogen-bond donors (Lipinski definition) is 2. The smallest absolute Gasteiger partial charge is 0.162 e. The van der Waals surface area contributed by atoms with Gasteiger partial charge in [-0.25, -0.2) is 9.97 Å². The van der Waals surface area contributed by atoms with Gasteiger partial charge in [0.05, 0.1) is 17.5 Å². The van der Waals surface area contributed by atoms with Gasteiger partial charge < -0.3 is 25.3 Å². The first-order valence-electron chi connectivity index (χ1n) is 13.8. The van der Waals surface area contributed by atoms with Crippen LogP contribution in [0.4, 0.5) is 5.82 Å². The summed E-state index contributed by atoms with van der Waals surface area (Å²) in [4.78, 5) is 15.3. The molecule has 0 aliphatic carbocycles. The Hall–Kier alpha value is -2.93. The largest absolute Gasteiger partial charge is 0.375 e. The Bertz CT molecular complexity index is 1180. The first kappa shape index (κ1) is 25.7. The second kappa shape index (κ2) is 10.4. The zero-order valence-electron chi connectivity index (χ0n) is 23.2. The van der Waals surface area contributed by atoms with Crippen molar-refractivity contribution in [3.8, 4) is 11.4 Å². The summed E-state index contributed by atoms with van der Waals surface area (Å²) in [7, 11) is 1.94. The normalized spacial score (nSPS) is 21.6. The summed E-state index contributed by atoms with van der Waals surface area (Å²) in [5.41, 5.74) is 6.79. The lowest BCUT2D eigenvalue weighted by Crippen LogP contribution is -2.43. The summed E-state index contributed by atoms with van der Waals surface area (Å²) >= 11 is 0. The van der Waals surface area contributed by atoms with Crippen LogP contribution in [-0.4, -0.2) is 60.0 Å². The number of ether oxygens (including phenoxy) is 1. The molecule has 1 unspecified atom stereocenters. The number of anilines is 1. The molecule has 0 bridgehead atoms. The van der Waals surface area contributed by atoms with Gasteiger partial charge in [-0.2, -0.15) is 0 Å². The molecule has 2 saturated heterocycles. The Morgan fingerprint density at radius 1 is 1.16 bits per heavy atom. The molecular formula is C30H42N6O. The highest BCUT2D eigenvalue weighted by atomic mass is 16.5. The van der Waals surface area contributed by atoms with Crippen LogP contribution in [0.25, 0.3) is 11.4 Å². The third-order valence-corrected chi connectivity index (χ3v) is 8.11. The van der Waals surface area contributed by atoms with Crippen LogP contribution in [0.2, 0.25) is 0 Å². The summed E-state index contributed by atoms with van der Waals surface area (Å²) < 4.78 is 5.75. The number of fused-ring (bicyclic) bond motifs is 1. The minimum atomic E-state index is -0.0881. The van der Waals surface area contributed by atoms with Crippen molar-refractivity contribution in [3.05, 3.63) is 52.5 Å². The zero-order valence-corrected chi connectivity index (χ0v) is 23.2. The monoisotopic (exact) mass is 502 g/mol. The summed E-state index contributed by atoms with van der Waals surface area (Å²) in [5, 5.41) is 11.9. The Kier molecular flexibility index (Phi) is 7.26. The van der Waals surface area contributed by atoms with Gasteiger partial charge in [0.25, 0.3) is 0 Å². The van der Waals surface area contributed by atoms with Crippen LogP contribution in [0.15, 0.2) is 30.1 Å². The van der Waals surface area contributed by atoms with E-state index in [1.54, 1.807) is 0 Å². The standard InChI is InChI=1S/C30H42N6O/c1-20-9-6-10-21(2)27(20)28-33-24-12-15-35(26(32-5)17-23(31)25-11-7-16-37-25)18-22(24)29(34-28)36-14-8-13-30(3,4)19-36/h6,9-10,17,25,31-32H,7-8,11-16,18-19H2,1-5H3/b26-17+,31-23?. The van der Waals surface area contributed by atoms with Crippen molar-refractivity contribution in [1.82, 2.24) is 20.2 Å². The van der Waals surface area contributed by atoms with Crippen molar-refractivity contribution in [2.75, 3.05) is 38.2 Å². The molecule has 1 aromatic heterocycles. The molecule has 4 heterocycles. The van der Waals surface area contributed by atoms with E-state index in [1.807, 2.05) is 13.1 Å². The highest BCUT2D eigenvalue weighted by molar-refractivity contribution is 5.96. The fourth-order valence-corrected chi connectivity index (χ4v) is 6.13. The molecule has 0 amide bonds. The maximum absolute atomic E-state index is 8.59. The molecule has 5 rings (SSSR count). The van der Waals surface area contributed by atoms with E-state index in [0.717, 1.165) is 80.8 Å². The van der Waals surface area contributed by atoms with Crippen LogP contribution in [0.1, 0.15) is 61.9 Å². The maximum Gasteiger partial charge on any atom is 0.162 e. The highest BCUT2D eigenvalue weighted by Crippen LogP contribution is 2.37. The highest BCUT2D eigenvalue weighted by Gasteiger charge is 2.32. The number of benzene rings is 1. The fraction of sp³-hybridized carbons (Fsp3) is 0.567. The third kappa shape index (κ3) is 5.37. The number of aromatic nitrogens is 2. The fourth-order valence-electron chi connectivity index (χ4n) is 6.13. The molecule has 0 saturated carbocycles. The molecule has 3 aliphatic heterocycles. The van der Waals surface area contributed by atoms with Crippen molar-refractivity contribution < 1.29 is 4.74 Å². The molecule has 0 spiro atoms. The van der Waals surface area contributed by atoms with Crippen LogP contribution in [0.5, 0.6) is 0 Å². The first-order valence-corrected chi connectivity index (χ1v) is 13.8. The Morgan fingerprint density at radius 3 is 2.62 bits per heavy atom.